The fourth-order valence-corrected chi connectivity index (χ4v) is 3.88. The average molecular weight is 363 g/mol. The van der Waals surface area contributed by atoms with E-state index in [4.69, 9.17) is 0 Å². The molecule has 0 fully saturated rings. The molecule has 0 aliphatic carbocycles. The smallest absolute Gasteiger partial charge is 0.255 e. The van der Waals surface area contributed by atoms with Crippen LogP contribution < -0.4 is 10.7 Å². The predicted molar refractivity (Wildman–Crippen MR) is 105 cm³/mol. The second kappa shape index (κ2) is 6.35. The highest BCUT2D eigenvalue weighted by atomic mass is 32.1. The fraction of sp³-hybridized carbons (Fsp3) is 0.0476. The van der Waals surface area contributed by atoms with E-state index in [9.17, 15) is 14.0 Å². The molecule has 0 aliphatic rings. The lowest BCUT2D eigenvalue weighted by Crippen LogP contribution is -2.12. The van der Waals surface area contributed by atoms with Crippen LogP contribution in [0.25, 0.3) is 20.2 Å². The lowest BCUT2D eigenvalue weighted by atomic mass is 10.1. The van der Waals surface area contributed by atoms with Gasteiger partial charge in [-0.15, -0.1) is 11.3 Å². The summed E-state index contributed by atoms with van der Waals surface area (Å²) >= 11 is 1.55. The lowest BCUT2D eigenvalue weighted by molar-refractivity contribution is 0.102. The molecule has 4 rings (SSSR count). The third-order valence-electron chi connectivity index (χ3n) is 4.19. The van der Waals surface area contributed by atoms with Crippen molar-refractivity contribution in [2.24, 2.45) is 0 Å². The minimum atomic E-state index is -0.396. The Labute approximate surface area is 152 Å². The Balaban J connectivity index is 1.76. The van der Waals surface area contributed by atoms with Gasteiger partial charge >= 0.3 is 0 Å². The molecule has 0 unspecified atom stereocenters. The summed E-state index contributed by atoms with van der Waals surface area (Å²) in [4.78, 5) is 25.1. The maximum Gasteiger partial charge on any atom is 0.255 e. The van der Waals surface area contributed by atoms with Crippen LogP contribution in [0.4, 0.5) is 10.1 Å². The van der Waals surface area contributed by atoms with E-state index < -0.39 is 5.82 Å². The number of hydrogen-bond donors (Lipinski definition) is 1. The van der Waals surface area contributed by atoms with E-state index in [-0.39, 0.29) is 11.3 Å². The molecule has 0 saturated carbocycles. The Bertz CT molecular complexity index is 1210. The van der Waals surface area contributed by atoms with E-state index in [1.807, 2.05) is 31.2 Å². The Morgan fingerprint density at radius 3 is 2.31 bits per heavy atom. The number of benzene rings is 3. The number of anilines is 1. The number of hydrogen-bond acceptors (Lipinski definition) is 3. The van der Waals surface area contributed by atoms with Crippen molar-refractivity contribution in [2.75, 3.05) is 5.32 Å². The van der Waals surface area contributed by atoms with E-state index >= 15 is 0 Å². The van der Waals surface area contributed by atoms with Crippen molar-refractivity contribution in [1.82, 2.24) is 0 Å². The van der Waals surface area contributed by atoms with Crippen molar-refractivity contribution in [2.45, 2.75) is 6.92 Å². The van der Waals surface area contributed by atoms with Gasteiger partial charge in [0.25, 0.3) is 5.91 Å². The third kappa shape index (κ3) is 2.97. The highest BCUT2D eigenvalue weighted by molar-refractivity contribution is 7.24. The predicted octanol–water partition coefficient (Wildman–Crippen LogP) is 5.11. The molecule has 0 aliphatic heterocycles. The standard InChI is InChI=1S/C21H14FNO2S/c1-12-2-8-18-16(10-12)20(24)17-11-15(7-9-19(17)26-18)23-21(25)13-3-5-14(22)6-4-13/h2-11H,1H3,(H,23,25). The van der Waals surface area contributed by atoms with E-state index in [2.05, 4.69) is 5.32 Å². The summed E-state index contributed by atoms with van der Waals surface area (Å²) in [5.74, 6) is -0.746. The minimum absolute atomic E-state index is 0.0460. The van der Waals surface area contributed by atoms with Gasteiger partial charge in [-0.1, -0.05) is 11.6 Å². The molecule has 3 aromatic carbocycles. The van der Waals surface area contributed by atoms with Crippen LogP contribution >= 0.6 is 11.3 Å². The Kier molecular flexibility index (Phi) is 4.01. The third-order valence-corrected chi connectivity index (χ3v) is 5.34. The molecule has 1 heterocycles. The van der Waals surface area contributed by atoms with Crippen LogP contribution in [0.15, 0.2) is 65.5 Å². The zero-order valence-electron chi connectivity index (χ0n) is 13.9. The zero-order chi connectivity index (χ0) is 18.3. The zero-order valence-corrected chi connectivity index (χ0v) is 14.7. The summed E-state index contributed by atoms with van der Waals surface area (Å²) in [5, 5.41) is 4.02. The van der Waals surface area contributed by atoms with Gasteiger partial charge < -0.3 is 5.32 Å². The van der Waals surface area contributed by atoms with Crippen LogP contribution in [0.5, 0.6) is 0 Å². The fourth-order valence-electron chi connectivity index (χ4n) is 2.85. The quantitative estimate of drug-likeness (QED) is 0.503. The molecule has 0 spiro atoms. The van der Waals surface area contributed by atoms with Crippen molar-refractivity contribution in [1.29, 1.82) is 0 Å². The highest BCUT2D eigenvalue weighted by Crippen LogP contribution is 2.27. The highest BCUT2D eigenvalue weighted by Gasteiger charge is 2.10. The van der Waals surface area contributed by atoms with Crippen molar-refractivity contribution in [3.05, 3.63) is 87.8 Å². The first-order valence-corrected chi connectivity index (χ1v) is 8.87. The molecule has 0 bridgehead atoms. The second-order valence-electron chi connectivity index (χ2n) is 6.10. The first-order chi connectivity index (χ1) is 12.5. The summed E-state index contributed by atoms with van der Waals surface area (Å²) in [7, 11) is 0. The van der Waals surface area contributed by atoms with Gasteiger partial charge in [-0.3, -0.25) is 9.59 Å². The Hall–Kier alpha value is -3.05. The minimum Gasteiger partial charge on any atom is -0.322 e. The maximum atomic E-state index is 13.0. The molecule has 3 nitrogen and oxygen atoms in total. The van der Waals surface area contributed by atoms with Crippen LogP contribution in [-0.4, -0.2) is 5.91 Å². The second-order valence-corrected chi connectivity index (χ2v) is 7.19. The molecule has 4 aromatic rings. The maximum absolute atomic E-state index is 13.0. The number of aryl methyl sites for hydroxylation is 1. The molecule has 128 valence electrons. The summed E-state index contributed by atoms with van der Waals surface area (Å²) in [6, 6.07) is 16.4. The number of carbonyl (C=O) groups is 1. The molecular weight excluding hydrogens is 349 g/mol. The van der Waals surface area contributed by atoms with Crippen molar-refractivity contribution in [3.63, 3.8) is 0 Å². The average Bonchev–Trinajstić information content (AvgIpc) is 2.63. The Morgan fingerprint density at radius 2 is 1.58 bits per heavy atom. The van der Waals surface area contributed by atoms with Crippen molar-refractivity contribution < 1.29 is 9.18 Å². The number of carbonyl (C=O) groups excluding carboxylic acids is 1. The van der Waals surface area contributed by atoms with Gasteiger partial charge in [-0.25, -0.2) is 4.39 Å². The topological polar surface area (TPSA) is 46.2 Å². The number of amides is 1. The van der Waals surface area contributed by atoms with Gasteiger partial charge in [0.2, 0.25) is 0 Å². The van der Waals surface area contributed by atoms with E-state index in [0.29, 0.717) is 22.0 Å². The molecule has 1 N–H and O–H groups in total. The summed E-state index contributed by atoms with van der Waals surface area (Å²) in [6.45, 7) is 1.95. The van der Waals surface area contributed by atoms with E-state index in [1.165, 1.54) is 24.3 Å². The van der Waals surface area contributed by atoms with Crippen LogP contribution in [0.3, 0.4) is 0 Å². The normalized spacial score (nSPS) is 11.0. The van der Waals surface area contributed by atoms with Gasteiger partial charge in [-0.05, 0) is 61.5 Å². The molecule has 0 saturated heterocycles. The largest absolute Gasteiger partial charge is 0.322 e. The van der Waals surface area contributed by atoms with Crippen LogP contribution in [0, 0.1) is 12.7 Å². The molecule has 5 heteroatoms. The van der Waals surface area contributed by atoms with Crippen LogP contribution in [0.2, 0.25) is 0 Å². The monoisotopic (exact) mass is 363 g/mol. The van der Waals surface area contributed by atoms with Crippen LogP contribution in [0.1, 0.15) is 15.9 Å². The van der Waals surface area contributed by atoms with Gasteiger partial charge in [-0.2, -0.15) is 0 Å². The molecule has 26 heavy (non-hydrogen) atoms. The summed E-state index contributed by atoms with van der Waals surface area (Å²) < 4.78 is 14.8. The number of halogens is 1. The number of rotatable bonds is 2. The first kappa shape index (κ1) is 16.4. The summed E-state index contributed by atoms with van der Waals surface area (Å²) in [5.41, 5.74) is 1.87. The van der Waals surface area contributed by atoms with Crippen LogP contribution in [-0.2, 0) is 0 Å². The lowest BCUT2D eigenvalue weighted by Gasteiger charge is -2.07. The SMILES string of the molecule is Cc1ccc2sc3ccc(NC(=O)c4ccc(F)cc4)cc3c(=O)c2c1. The van der Waals surface area contributed by atoms with Crippen molar-refractivity contribution >= 4 is 43.1 Å². The molecule has 1 amide bonds. The number of nitrogens with one attached hydrogen (secondary N) is 1. The van der Waals surface area contributed by atoms with E-state index in [0.717, 1.165) is 15.0 Å². The van der Waals surface area contributed by atoms with E-state index in [1.54, 1.807) is 23.5 Å². The molecule has 1 aromatic heterocycles. The molecular formula is C21H14FNO2S. The molecule has 0 atom stereocenters. The number of fused-ring (bicyclic) bond motifs is 2. The summed E-state index contributed by atoms with van der Waals surface area (Å²) in [6.07, 6.45) is 0. The van der Waals surface area contributed by atoms with Gasteiger partial charge in [0, 0.05) is 31.4 Å². The molecule has 0 radical (unpaired) electrons. The first-order valence-electron chi connectivity index (χ1n) is 8.05. The Morgan fingerprint density at radius 1 is 0.923 bits per heavy atom. The van der Waals surface area contributed by atoms with Gasteiger partial charge in [0.05, 0.1) is 0 Å². The van der Waals surface area contributed by atoms with Gasteiger partial charge in [0.1, 0.15) is 5.82 Å². The van der Waals surface area contributed by atoms with Crippen molar-refractivity contribution in [3.8, 4) is 0 Å². The van der Waals surface area contributed by atoms with Gasteiger partial charge in [0.15, 0.2) is 5.43 Å².